The van der Waals surface area contributed by atoms with Gasteiger partial charge in [-0.2, -0.15) is 0 Å². The van der Waals surface area contributed by atoms with E-state index in [0.717, 1.165) is 6.07 Å². The number of nitrogens with zero attached hydrogens (tertiary/aromatic N) is 3. The number of hydrogen-bond acceptors (Lipinski definition) is 8. The van der Waals surface area contributed by atoms with Crippen LogP contribution in [0.1, 0.15) is 11.3 Å². The lowest BCUT2D eigenvalue weighted by Crippen LogP contribution is -2.06. The molecule has 154 valence electrons. The number of carbonyl (C=O) groups is 1. The monoisotopic (exact) mass is 439 g/mol. The summed E-state index contributed by atoms with van der Waals surface area (Å²) in [5, 5.41) is 22.3. The average Bonchev–Trinajstić information content (AvgIpc) is 3.35. The number of rotatable bonds is 5. The molecule has 0 amide bonds. The van der Waals surface area contributed by atoms with Gasteiger partial charge in [-0.25, -0.2) is 9.79 Å². The van der Waals surface area contributed by atoms with Crippen LogP contribution >= 0.6 is 11.6 Å². The van der Waals surface area contributed by atoms with Crippen LogP contribution in [0.4, 0.5) is 11.4 Å². The molecule has 11 heteroatoms. The number of ether oxygens (including phenoxy) is 1. The summed E-state index contributed by atoms with van der Waals surface area (Å²) in [4.78, 5) is 37.3. The van der Waals surface area contributed by atoms with Crippen LogP contribution in [0.3, 0.4) is 0 Å². The number of halogens is 1. The van der Waals surface area contributed by atoms with E-state index in [1.165, 1.54) is 48.5 Å². The highest BCUT2D eigenvalue weighted by Crippen LogP contribution is 2.32. The van der Waals surface area contributed by atoms with Gasteiger partial charge in [-0.1, -0.05) is 23.7 Å². The predicted octanol–water partition coefficient (Wildman–Crippen LogP) is 4.76. The largest absolute Gasteiger partial charge is 0.456 e. The molecular weight excluding hydrogens is 430 g/mol. The molecule has 1 aliphatic heterocycles. The Bertz CT molecular complexity index is 1310. The summed E-state index contributed by atoms with van der Waals surface area (Å²) in [6.45, 7) is 0. The SMILES string of the molecule is O=C1OC(c2cc([N+](=O)[O-])ccc2Cl)=N/C1=C\c1ccc(-c2ccccc2[N+](=O)[O-])o1. The van der Waals surface area contributed by atoms with Crippen molar-refractivity contribution in [2.24, 2.45) is 4.99 Å². The van der Waals surface area contributed by atoms with Crippen molar-refractivity contribution in [3.63, 3.8) is 0 Å². The zero-order valence-electron chi connectivity index (χ0n) is 15.4. The van der Waals surface area contributed by atoms with Crippen molar-refractivity contribution >= 4 is 40.9 Å². The average molecular weight is 440 g/mol. The van der Waals surface area contributed by atoms with Crippen LogP contribution < -0.4 is 0 Å². The van der Waals surface area contributed by atoms with Gasteiger partial charge in [-0.05, 0) is 24.3 Å². The van der Waals surface area contributed by atoms with Gasteiger partial charge >= 0.3 is 5.97 Å². The third-order valence-electron chi connectivity index (χ3n) is 4.28. The molecule has 0 unspecified atom stereocenters. The topological polar surface area (TPSA) is 138 Å². The molecule has 31 heavy (non-hydrogen) atoms. The van der Waals surface area contributed by atoms with Crippen molar-refractivity contribution in [1.29, 1.82) is 0 Å². The summed E-state index contributed by atoms with van der Waals surface area (Å²) in [6, 6.07) is 12.8. The van der Waals surface area contributed by atoms with Crippen LogP contribution in [-0.2, 0) is 9.53 Å². The first-order chi connectivity index (χ1) is 14.8. The molecule has 0 saturated heterocycles. The van der Waals surface area contributed by atoms with Gasteiger partial charge in [0, 0.05) is 24.3 Å². The number of nitro groups is 2. The van der Waals surface area contributed by atoms with Crippen LogP contribution in [0, 0.1) is 20.2 Å². The molecule has 4 rings (SSSR count). The van der Waals surface area contributed by atoms with E-state index in [-0.39, 0.29) is 50.6 Å². The number of para-hydroxylation sites is 1. The van der Waals surface area contributed by atoms with Gasteiger partial charge in [0.15, 0.2) is 5.70 Å². The van der Waals surface area contributed by atoms with Gasteiger partial charge in [-0.3, -0.25) is 20.2 Å². The number of hydrogen-bond donors (Lipinski definition) is 0. The fraction of sp³-hybridized carbons (Fsp3) is 0. The summed E-state index contributed by atoms with van der Waals surface area (Å²) in [5.41, 5.74) is -0.125. The van der Waals surface area contributed by atoms with Crippen LogP contribution in [0.25, 0.3) is 17.4 Å². The maximum atomic E-state index is 12.2. The number of cyclic esters (lactones) is 1. The first-order valence-electron chi connectivity index (χ1n) is 8.64. The lowest BCUT2D eigenvalue weighted by molar-refractivity contribution is -0.384. The lowest BCUT2D eigenvalue weighted by atomic mass is 10.1. The van der Waals surface area contributed by atoms with Gasteiger partial charge in [0.1, 0.15) is 11.5 Å². The lowest BCUT2D eigenvalue weighted by Gasteiger charge is -2.02. The normalized spacial score (nSPS) is 14.4. The summed E-state index contributed by atoms with van der Waals surface area (Å²) in [6.07, 6.45) is 1.29. The highest BCUT2D eigenvalue weighted by molar-refractivity contribution is 6.34. The maximum absolute atomic E-state index is 12.2. The van der Waals surface area contributed by atoms with E-state index in [2.05, 4.69) is 4.99 Å². The van der Waals surface area contributed by atoms with Crippen molar-refractivity contribution in [1.82, 2.24) is 0 Å². The number of furan rings is 1. The Morgan fingerprint density at radius 1 is 0.968 bits per heavy atom. The molecule has 1 aliphatic rings. The first-order valence-corrected chi connectivity index (χ1v) is 9.02. The second-order valence-corrected chi connectivity index (χ2v) is 6.64. The standard InChI is InChI=1S/C20H10ClN3O7/c21-15-7-5-11(23(26)27)9-14(15)19-22-16(20(25)31-19)10-12-6-8-18(30-12)13-3-1-2-4-17(13)24(28)29/h1-10H/b16-10-. The van der Waals surface area contributed by atoms with E-state index in [1.54, 1.807) is 6.07 Å². The predicted molar refractivity (Wildman–Crippen MR) is 110 cm³/mol. The third kappa shape index (κ3) is 3.91. The molecule has 0 N–H and O–H groups in total. The zero-order chi connectivity index (χ0) is 22.1. The molecule has 0 radical (unpaired) electrons. The fourth-order valence-corrected chi connectivity index (χ4v) is 3.06. The van der Waals surface area contributed by atoms with Crippen LogP contribution in [0.15, 0.2) is 69.7 Å². The number of benzene rings is 2. The molecule has 2 aromatic carbocycles. The van der Waals surface area contributed by atoms with Crippen LogP contribution in [-0.4, -0.2) is 21.7 Å². The van der Waals surface area contributed by atoms with Crippen LogP contribution in [0.5, 0.6) is 0 Å². The van der Waals surface area contributed by atoms with Gasteiger partial charge in [-0.15, -0.1) is 0 Å². The van der Waals surface area contributed by atoms with Gasteiger partial charge < -0.3 is 9.15 Å². The Balaban J connectivity index is 1.68. The van der Waals surface area contributed by atoms with E-state index in [1.807, 2.05) is 0 Å². The summed E-state index contributed by atoms with van der Waals surface area (Å²) in [5.74, 6) is -0.552. The van der Waals surface area contributed by atoms with Gasteiger partial charge in [0.25, 0.3) is 11.4 Å². The number of carbonyl (C=O) groups excluding carboxylic acids is 1. The molecule has 0 aliphatic carbocycles. The molecule has 0 saturated carbocycles. The quantitative estimate of drug-likeness (QED) is 0.241. The van der Waals surface area contributed by atoms with Crippen LogP contribution in [0.2, 0.25) is 5.02 Å². The van der Waals surface area contributed by atoms with Crippen molar-refractivity contribution in [2.45, 2.75) is 0 Å². The van der Waals surface area contributed by atoms with Crippen molar-refractivity contribution < 1.29 is 23.8 Å². The van der Waals surface area contributed by atoms with Crippen molar-refractivity contribution in [3.8, 4) is 11.3 Å². The maximum Gasteiger partial charge on any atom is 0.363 e. The molecule has 10 nitrogen and oxygen atoms in total. The Kier molecular flexibility index (Phi) is 5.05. The molecule has 1 aromatic heterocycles. The molecule has 0 spiro atoms. The first kappa shape index (κ1) is 20.0. The van der Waals surface area contributed by atoms with E-state index in [4.69, 9.17) is 20.8 Å². The Morgan fingerprint density at radius 2 is 1.74 bits per heavy atom. The third-order valence-corrected chi connectivity index (χ3v) is 4.61. The van der Waals surface area contributed by atoms with E-state index in [9.17, 15) is 25.0 Å². The number of non-ortho nitro benzene ring substituents is 1. The van der Waals surface area contributed by atoms with Gasteiger partial charge in [0.05, 0.1) is 26.0 Å². The highest BCUT2D eigenvalue weighted by atomic mass is 35.5. The molecule has 0 bridgehead atoms. The molecule has 3 aromatic rings. The van der Waals surface area contributed by atoms with Crippen molar-refractivity contribution in [2.75, 3.05) is 0 Å². The Morgan fingerprint density at radius 3 is 2.48 bits per heavy atom. The minimum absolute atomic E-state index is 0.0904. The van der Waals surface area contributed by atoms with E-state index in [0.29, 0.717) is 0 Å². The van der Waals surface area contributed by atoms with Crippen molar-refractivity contribution in [3.05, 3.63) is 96.9 Å². The molecule has 0 atom stereocenters. The minimum Gasteiger partial charge on any atom is -0.456 e. The molecule has 2 heterocycles. The fourth-order valence-electron chi connectivity index (χ4n) is 2.87. The second-order valence-electron chi connectivity index (χ2n) is 6.23. The zero-order valence-corrected chi connectivity index (χ0v) is 16.1. The summed E-state index contributed by atoms with van der Waals surface area (Å²) >= 11 is 6.06. The Hall–Kier alpha value is -4.31. The number of esters is 1. The van der Waals surface area contributed by atoms with E-state index < -0.39 is 15.8 Å². The minimum atomic E-state index is -0.804. The number of aliphatic imine (C=N–C) groups is 1. The smallest absolute Gasteiger partial charge is 0.363 e. The molecular formula is C20H10ClN3O7. The second kappa shape index (κ2) is 7.84. The highest BCUT2D eigenvalue weighted by Gasteiger charge is 2.27. The Labute approximate surface area is 178 Å². The number of nitro benzene ring substituents is 2. The summed E-state index contributed by atoms with van der Waals surface area (Å²) in [7, 11) is 0. The van der Waals surface area contributed by atoms with E-state index >= 15 is 0 Å². The van der Waals surface area contributed by atoms with Gasteiger partial charge in [0.2, 0.25) is 5.90 Å². The summed E-state index contributed by atoms with van der Waals surface area (Å²) < 4.78 is 10.7. The molecule has 0 fully saturated rings.